The van der Waals surface area contributed by atoms with Gasteiger partial charge in [0.15, 0.2) is 0 Å². The van der Waals surface area contributed by atoms with E-state index in [1.165, 1.54) is 18.2 Å². The van der Waals surface area contributed by atoms with E-state index < -0.39 is 6.36 Å². The molecular formula is C13H13F3O2. The molecule has 1 aliphatic carbocycles. The molecule has 1 aliphatic rings. The third kappa shape index (κ3) is 3.48. The van der Waals surface area contributed by atoms with E-state index in [0.29, 0.717) is 12.8 Å². The van der Waals surface area contributed by atoms with Crippen LogP contribution >= 0.6 is 0 Å². The maximum Gasteiger partial charge on any atom is 0.573 e. The predicted molar refractivity (Wildman–Crippen MR) is 59.3 cm³/mol. The van der Waals surface area contributed by atoms with Gasteiger partial charge in [-0.15, -0.1) is 13.2 Å². The number of hydrogen-bond acceptors (Lipinski definition) is 2. The molecule has 0 bridgehead atoms. The highest BCUT2D eigenvalue weighted by molar-refractivity contribution is 5.80. The van der Waals surface area contributed by atoms with Crippen molar-refractivity contribution < 1.29 is 22.7 Å². The monoisotopic (exact) mass is 258 g/mol. The van der Waals surface area contributed by atoms with Crippen molar-refractivity contribution in [3.63, 3.8) is 0 Å². The van der Waals surface area contributed by atoms with Gasteiger partial charge >= 0.3 is 6.36 Å². The zero-order valence-electron chi connectivity index (χ0n) is 9.67. The lowest BCUT2D eigenvalue weighted by molar-refractivity contribution is -0.274. The second-order valence-electron chi connectivity index (χ2n) is 4.45. The normalized spacial score (nSPS) is 20.8. The number of ketones is 1. The Hall–Kier alpha value is -1.52. The molecule has 1 fully saturated rings. The van der Waals surface area contributed by atoms with Crippen molar-refractivity contribution in [2.24, 2.45) is 0 Å². The zero-order valence-corrected chi connectivity index (χ0v) is 9.67. The Morgan fingerprint density at radius 2 is 2.06 bits per heavy atom. The van der Waals surface area contributed by atoms with Gasteiger partial charge in [-0.2, -0.15) is 0 Å². The summed E-state index contributed by atoms with van der Waals surface area (Å²) in [6, 6.07) is 5.90. The van der Waals surface area contributed by atoms with Gasteiger partial charge in [0.25, 0.3) is 0 Å². The van der Waals surface area contributed by atoms with Crippen LogP contribution in [0.4, 0.5) is 13.2 Å². The van der Waals surface area contributed by atoms with Gasteiger partial charge in [-0.05, 0) is 36.5 Å². The summed E-state index contributed by atoms with van der Waals surface area (Å²) in [5, 5.41) is 0. The Morgan fingerprint density at radius 1 is 1.28 bits per heavy atom. The van der Waals surface area contributed by atoms with Crippen LogP contribution < -0.4 is 4.74 Å². The average molecular weight is 258 g/mol. The smallest absolute Gasteiger partial charge is 0.406 e. The van der Waals surface area contributed by atoms with Gasteiger partial charge in [0, 0.05) is 12.8 Å². The fourth-order valence-corrected chi connectivity index (χ4v) is 2.27. The fraction of sp³-hybridized carbons (Fsp3) is 0.462. The second-order valence-corrected chi connectivity index (χ2v) is 4.45. The van der Waals surface area contributed by atoms with Gasteiger partial charge in [-0.3, -0.25) is 4.79 Å². The lowest BCUT2D eigenvalue weighted by Crippen LogP contribution is -2.18. The molecule has 18 heavy (non-hydrogen) atoms. The van der Waals surface area contributed by atoms with Crippen LogP contribution in [0.15, 0.2) is 24.3 Å². The molecule has 0 heterocycles. The quantitative estimate of drug-likeness (QED) is 0.806. The second kappa shape index (κ2) is 5.00. The number of hydrogen-bond donors (Lipinski definition) is 0. The van der Waals surface area contributed by atoms with E-state index in [1.807, 2.05) is 0 Å². The van der Waals surface area contributed by atoms with Gasteiger partial charge < -0.3 is 4.74 Å². The summed E-state index contributed by atoms with van der Waals surface area (Å²) in [5.74, 6) is -0.0329. The predicted octanol–water partition coefficient (Wildman–Crippen LogP) is 3.81. The molecule has 5 heteroatoms. The van der Waals surface area contributed by atoms with E-state index in [4.69, 9.17) is 0 Å². The molecule has 1 aromatic rings. The zero-order chi connectivity index (χ0) is 13.2. The van der Waals surface area contributed by atoms with E-state index in [0.717, 1.165) is 18.4 Å². The summed E-state index contributed by atoms with van der Waals surface area (Å²) in [7, 11) is 0. The van der Waals surface area contributed by atoms with Crippen molar-refractivity contribution in [1.82, 2.24) is 0 Å². The lowest BCUT2D eigenvalue weighted by atomic mass is 9.83. The highest BCUT2D eigenvalue weighted by atomic mass is 19.4. The van der Waals surface area contributed by atoms with Crippen LogP contribution in [-0.2, 0) is 4.79 Å². The summed E-state index contributed by atoms with van der Waals surface area (Å²) in [6.45, 7) is 0. The van der Waals surface area contributed by atoms with Crippen LogP contribution in [0, 0.1) is 0 Å². The van der Waals surface area contributed by atoms with E-state index >= 15 is 0 Å². The molecule has 0 amide bonds. The molecular weight excluding hydrogens is 245 g/mol. The third-order valence-corrected chi connectivity index (χ3v) is 3.05. The minimum atomic E-state index is -4.68. The number of Topliss-reactive ketones (excluding diaryl/α,β-unsaturated/α-hetero) is 1. The Morgan fingerprint density at radius 3 is 2.72 bits per heavy atom. The van der Waals surface area contributed by atoms with Gasteiger partial charge in [0.05, 0.1) is 0 Å². The number of carbonyl (C=O) groups excluding carboxylic acids is 1. The number of carbonyl (C=O) groups is 1. The number of alkyl halides is 3. The van der Waals surface area contributed by atoms with Crippen molar-refractivity contribution in [3.05, 3.63) is 29.8 Å². The van der Waals surface area contributed by atoms with Crippen molar-refractivity contribution in [2.75, 3.05) is 0 Å². The van der Waals surface area contributed by atoms with Crippen LogP contribution in [0.1, 0.15) is 37.2 Å². The first-order valence-corrected chi connectivity index (χ1v) is 5.81. The standard InChI is InChI=1S/C13H13F3O2/c14-13(15,16)18-12-6-2-4-10(8-12)9-3-1-5-11(17)7-9/h2,4,6,8-9H,1,3,5,7H2. The maximum absolute atomic E-state index is 12.1. The molecule has 1 atom stereocenters. The third-order valence-electron chi connectivity index (χ3n) is 3.05. The van der Waals surface area contributed by atoms with Crippen LogP contribution in [0.2, 0.25) is 0 Å². The minimum absolute atomic E-state index is 0.0167. The minimum Gasteiger partial charge on any atom is -0.406 e. The molecule has 2 rings (SSSR count). The van der Waals surface area contributed by atoms with Crippen LogP contribution in [0.3, 0.4) is 0 Å². The molecule has 0 saturated heterocycles. The van der Waals surface area contributed by atoms with E-state index in [2.05, 4.69) is 4.74 Å². The van der Waals surface area contributed by atoms with E-state index in [-0.39, 0.29) is 17.5 Å². The van der Waals surface area contributed by atoms with Crippen LogP contribution in [0.25, 0.3) is 0 Å². The largest absolute Gasteiger partial charge is 0.573 e. The molecule has 1 saturated carbocycles. The Bertz CT molecular complexity index is 440. The molecule has 0 N–H and O–H groups in total. The number of rotatable bonds is 2. The highest BCUT2D eigenvalue weighted by Crippen LogP contribution is 2.33. The number of halogens is 3. The summed E-state index contributed by atoms with van der Waals surface area (Å²) in [4.78, 5) is 11.3. The van der Waals surface area contributed by atoms with Crippen molar-refractivity contribution in [1.29, 1.82) is 0 Å². The van der Waals surface area contributed by atoms with Crippen molar-refractivity contribution >= 4 is 5.78 Å². The molecule has 0 aliphatic heterocycles. The summed E-state index contributed by atoms with van der Waals surface area (Å²) < 4.78 is 40.2. The van der Waals surface area contributed by atoms with Gasteiger partial charge in [-0.1, -0.05) is 12.1 Å². The van der Waals surface area contributed by atoms with Gasteiger partial charge in [0.2, 0.25) is 0 Å². The molecule has 1 unspecified atom stereocenters. The molecule has 98 valence electrons. The Balaban J connectivity index is 2.14. The molecule has 2 nitrogen and oxygen atoms in total. The Labute approximate surface area is 103 Å². The summed E-state index contributed by atoms with van der Waals surface area (Å²) in [5.41, 5.74) is 0.741. The first-order valence-electron chi connectivity index (χ1n) is 5.81. The summed E-state index contributed by atoms with van der Waals surface area (Å²) >= 11 is 0. The van der Waals surface area contributed by atoms with E-state index in [1.54, 1.807) is 6.07 Å². The molecule has 0 aromatic heterocycles. The van der Waals surface area contributed by atoms with Crippen LogP contribution in [-0.4, -0.2) is 12.1 Å². The van der Waals surface area contributed by atoms with Gasteiger partial charge in [0.1, 0.15) is 11.5 Å². The summed E-state index contributed by atoms with van der Waals surface area (Å²) in [6.07, 6.45) is -2.05. The first kappa shape index (κ1) is 12.9. The van der Waals surface area contributed by atoms with Crippen LogP contribution in [0.5, 0.6) is 5.75 Å². The Kier molecular flexibility index (Phi) is 3.59. The molecule has 0 spiro atoms. The average Bonchev–Trinajstić information content (AvgIpc) is 2.27. The fourth-order valence-electron chi connectivity index (χ4n) is 2.27. The number of benzene rings is 1. The topological polar surface area (TPSA) is 26.3 Å². The SMILES string of the molecule is O=C1CCCC(c2cccc(OC(F)(F)F)c2)C1. The highest BCUT2D eigenvalue weighted by Gasteiger charge is 2.31. The molecule has 0 radical (unpaired) electrons. The number of ether oxygens (including phenoxy) is 1. The van der Waals surface area contributed by atoms with Gasteiger partial charge in [-0.25, -0.2) is 0 Å². The van der Waals surface area contributed by atoms with E-state index in [9.17, 15) is 18.0 Å². The maximum atomic E-state index is 12.1. The van der Waals surface area contributed by atoms with Crippen molar-refractivity contribution in [3.8, 4) is 5.75 Å². The lowest BCUT2D eigenvalue weighted by Gasteiger charge is -2.21. The first-order chi connectivity index (χ1) is 8.44. The molecule has 1 aromatic carbocycles. The van der Waals surface area contributed by atoms with Crippen molar-refractivity contribution in [2.45, 2.75) is 38.0 Å².